The fourth-order valence-electron chi connectivity index (χ4n) is 1.15. The summed E-state index contributed by atoms with van der Waals surface area (Å²) in [5, 5.41) is 0. The lowest BCUT2D eigenvalue weighted by Gasteiger charge is -2.12. The van der Waals surface area contributed by atoms with Crippen LogP contribution in [0, 0.1) is 11.8 Å². The van der Waals surface area contributed by atoms with Crippen molar-refractivity contribution < 1.29 is 4.79 Å². The van der Waals surface area contributed by atoms with E-state index in [1.54, 1.807) is 11.3 Å². The predicted octanol–water partition coefficient (Wildman–Crippen LogP) is 3.91. The summed E-state index contributed by atoms with van der Waals surface area (Å²) in [6.45, 7) is 6.19. The highest BCUT2D eigenvalue weighted by atomic mass is 79.9. The SMILES string of the molecule is CC(C)C(C)C(=O)Cc1ccc(Br)s1. The monoisotopic (exact) mass is 274 g/mol. The molecule has 0 amide bonds. The fourth-order valence-corrected chi connectivity index (χ4v) is 2.64. The number of Topliss-reactive ketones (excluding diaryl/α,β-unsaturated/α-hetero) is 1. The molecule has 0 saturated heterocycles. The number of hydrogen-bond donors (Lipinski definition) is 0. The molecule has 3 heteroatoms. The molecule has 1 nitrogen and oxygen atoms in total. The van der Waals surface area contributed by atoms with Crippen molar-refractivity contribution >= 4 is 33.0 Å². The third-order valence-electron chi connectivity index (χ3n) is 2.49. The van der Waals surface area contributed by atoms with Crippen LogP contribution in [0.2, 0.25) is 0 Å². The standard InChI is InChI=1S/C11H15BrOS/c1-7(2)8(3)10(13)6-9-4-5-11(12)14-9/h4-5,7-8H,6H2,1-3H3. The Balaban J connectivity index is 2.57. The van der Waals surface area contributed by atoms with Crippen LogP contribution < -0.4 is 0 Å². The Morgan fingerprint density at radius 2 is 2.07 bits per heavy atom. The van der Waals surface area contributed by atoms with Gasteiger partial charge in [-0.15, -0.1) is 11.3 Å². The molecule has 0 aliphatic heterocycles. The number of hydrogen-bond acceptors (Lipinski definition) is 2. The van der Waals surface area contributed by atoms with E-state index >= 15 is 0 Å². The second-order valence-corrected chi connectivity index (χ2v) is 6.43. The summed E-state index contributed by atoms with van der Waals surface area (Å²) in [7, 11) is 0. The van der Waals surface area contributed by atoms with Crippen LogP contribution in [0.1, 0.15) is 25.6 Å². The molecular weight excluding hydrogens is 260 g/mol. The molecule has 0 aromatic carbocycles. The normalized spacial score (nSPS) is 13.2. The number of rotatable bonds is 4. The first-order chi connectivity index (χ1) is 6.50. The second kappa shape index (κ2) is 5.08. The lowest BCUT2D eigenvalue weighted by molar-refractivity contribution is -0.122. The molecule has 78 valence electrons. The minimum absolute atomic E-state index is 0.163. The third-order valence-corrected chi connectivity index (χ3v) is 4.11. The topological polar surface area (TPSA) is 17.1 Å². The summed E-state index contributed by atoms with van der Waals surface area (Å²) in [6.07, 6.45) is 0.579. The van der Waals surface area contributed by atoms with Crippen LogP contribution in [-0.4, -0.2) is 5.78 Å². The molecule has 0 aliphatic carbocycles. The van der Waals surface area contributed by atoms with Gasteiger partial charge in [0, 0.05) is 17.2 Å². The molecule has 0 aliphatic rings. The third kappa shape index (κ3) is 3.21. The van der Waals surface area contributed by atoms with Gasteiger partial charge in [0.25, 0.3) is 0 Å². The number of carbonyl (C=O) groups excluding carboxylic acids is 1. The van der Waals surface area contributed by atoms with Crippen LogP contribution in [0.5, 0.6) is 0 Å². The van der Waals surface area contributed by atoms with Crippen molar-refractivity contribution in [1.29, 1.82) is 0 Å². The largest absolute Gasteiger partial charge is 0.299 e. The summed E-state index contributed by atoms with van der Waals surface area (Å²) < 4.78 is 1.09. The van der Waals surface area contributed by atoms with E-state index in [1.165, 1.54) is 0 Å². The molecule has 14 heavy (non-hydrogen) atoms. The van der Waals surface area contributed by atoms with Gasteiger partial charge in [0.15, 0.2) is 0 Å². The van der Waals surface area contributed by atoms with E-state index in [4.69, 9.17) is 0 Å². The van der Waals surface area contributed by atoms with Gasteiger partial charge >= 0.3 is 0 Å². The second-order valence-electron chi connectivity index (χ2n) is 3.88. The Kier molecular flexibility index (Phi) is 4.32. The number of thiophene rings is 1. The molecular formula is C11H15BrOS. The summed E-state index contributed by atoms with van der Waals surface area (Å²) in [5.74, 6) is 0.941. The fraction of sp³-hybridized carbons (Fsp3) is 0.545. The zero-order valence-corrected chi connectivity index (χ0v) is 11.1. The van der Waals surface area contributed by atoms with Gasteiger partial charge in [-0.05, 0) is 34.0 Å². The van der Waals surface area contributed by atoms with E-state index < -0.39 is 0 Å². The molecule has 0 fully saturated rings. The maximum Gasteiger partial charge on any atom is 0.141 e. The Morgan fingerprint density at radius 1 is 1.43 bits per heavy atom. The van der Waals surface area contributed by atoms with Gasteiger partial charge in [0.1, 0.15) is 5.78 Å². The first kappa shape index (κ1) is 11.9. The number of ketones is 1. The van der Waals surface area contributed by atoms with Crippen LogP contribution in [0.25, 0.3) is 0 Å². The van der Waals surface area contributed by atoms with Crippen LogP contribution in [-0.2, 0) is 11.2 Å². The molecule has 1 aromatic rings. The minimum Gasteiger partial charge on any atom is -0.299 e. The lowest BCUT2D eigenvalue weighted by atomic mass is 9.92. The molecule has 0 bridgehead atoms. The smallest absolute Gasteiger partial charge is 0.141 e. The minimum atomic E-state index is 0.163. The van der Waals surface area contributed by atoms with Gasteiger partial charge < -0.3 is 0 Å². The van der Waals surface area contributed by atoms with Gasteiger partial charge in [-0.1, -0.05) is 20.8 Å². The van der Waals surface area contributed by atoms with Crippen LogP contribution in [0.15, 0.2) is 15.9 Å². The predicted molar refractivity (Wildman–Crippen MR) is 64.7 cm³/mol. The Morgan fingerprint density at radius 3 is 2.50 bits per heavy atom. The number of carbonyl (C=O) groups is 1. The maximum absolute atomic E-state index is 11.8. The first-order valence-electron chi connectivity index (χ1n) is 4.77. The summed E-state index contributed by atoms with van der Waals surface area (Å²) >= 11 is 5.04. The number of halogens is 1. The van der Waals surface area contributed by atoms with Crippen molar-refractivity contribution in [2.24, 2.45) is 11.8 Å². The molecule has 1 atom stereocenters. The van der Waals surface area contributed by atoms with E-state index in [-0.39, 0.29) is 5.92 Å². The molecule has 1 rings (SSSR count). The summed E-state index contributed by atoms with van der Waals surface area (Å²) in [5.41, 5.74) is 0. The lowest BCUT2D eigenvalue weighted by Crippen LogP contribution is -2.18. The summed E-state index contributed by atoms with van der Waals surface area (Å²) in [4.78, 5) is 12.9. The Labute approximate surface area is 97.7 Å². The maximum atomic E-state index is 11.8. The van der Waals surface area contributed by atoms with E-state index in [1.807, 2.05) is 19.1 Å². The van der Waals surface area contributed by atoms with Crippen molar-refractivity contribution in [2.45, 2.75) is 27.2 Å². The van der Waals surface area contributed by atoms with Crippen molar-refractivity contribution in [3.05, 3.63) is 20.8 Å². The van der Waals surface area contributed by atoms with Gasteiger partial charge in [-0.2, -0.15) is 0 Å². The van der Waals surface area contributed by atoms with Gasteiger partial charge in [0.2, 0.25) is 0 Å². The van der Waals surface area contributed by atoms with Gasteiger partial charge in [0.05, 0.1) is 3.79 Å². The molecule has 0 saturated carbocycles. The zero-order chi connectivity index (χ0) is 10.7. The van der Waals surface area contributed by atoms with E-state index in [0.717, 1.165) is 8.66 Å². The van der Waals surface area contributed by atoms with Gasteiger partial charge in [-0.25, -0.2) is 0 Å². The first-order valence-corrected chi connectivity index (χ1v) is 6.38. The van der Waals surface area contributed by atoms with Crippen molar-refractivity contribution in [3.8, 4) is 0 Å². The summed E-state index contributed by atoms with van der Waals surface area (Å²) in [6, 6.07) is 4.01. The van der Waals surface area contributed by atoms with E-state index in [0.29, 0.717) is 18.1 Å². The van der Waals surface area contributed by atoms with Crippen LogP contribution in [0.3, 0.4) is 0 Å². The molecule has 1 heterocycles. The highest BCUT2D eigenvalue weighted by molar-refractivity contribution is 9.11. The average Bonchev–Trinajstić information content (AvgIpc) is 2.49. The highest BCUT2D eigenvalue weighted by Gasteiger charge is 2.17. The average molecular weight is 275 g/mol. The van der Waals surface area contributed by atoms with E-state index in [9.17, 15) is 4.79 Å². The molecule has 0 spiro atoms. The molecule has 1 aromatic heterocycles. The van der Waals surface area contributed by atoms with Crippen molar-refractivity contribution in [1.82, 2.24) is 0 Å². The van der Waals surface area contributed by atoms with Crippen LogP contribution >= 0.6 is 27.3 Å². The zero-order valence-electron chi connectivity index (χ0n) is 8.71. The molecule has 1 unspecified atom stereocenters. The Bertz CT molecular complexity index is 317. The highest BCUT2D eigenvalue weighted by Crippen LogP contribution is 2.24. The van der Waals surface area contributed by atoms with Crippen molar-refractivity contribution in [3.63, 3.8) is 0 Å². The molecule has 0 radical (unpaired) electrons. The quantitative estimate of drug-likeness (QED) is 0.814. The Hall–Kier alpha value is -0.150. The van der Waals surface area contributed by atoms with E-state index in [2.05, 4.69) is 29.8 Å². The van der Waals surface area contributed by atoms with Crippen LogP contribution in [0.4, 0.5) is 0 Å². The van der Waals surface area contributed by atoms with Crippen molar-refractivity contribution in [2.75, 3.05) is 0 Å². The van der Waals surface area contributed by atoms with Gasteiger partial charge in [-0.3, -0.25) is 4.79 Å². The molecule has 0 N–H and O–H groups in total.